The Morgan fingerprint density at radius 2 is 1.95 bits per heavy atom. The number of carbonyl (C=O) groups excluding carboxylic acids is 1. The van der Waals surface area contributed by atoms with Crippen LogP contribution in [0.3, 0.4) is 0 Å². The Labute approximate surface area is 128 Å². The molecule has 3 nitrogen and oxygen atoms in total. The molecule has 20 heavy (non-hydrogen) atoms. The average molecular weight is 338 g/mol. The van der Waals surface area contributed by atoms with Crippen LogP contribution >= 0.6 is 15.9 Å². The molecule has 2 aliphatic rings. The molecule has 0 saturated heterocycles. The van der Waals surface area contributed by atoms with Crippen LogP contribution < -0.4 is 10.1 Å². The Morgan fingerprint density at radius 3 is 2.75 bits per heavy atom. The van der Waals surface area contributed by atoms with Gasteiger partial charge in [-0.2, -0.15) is 0 Å². The number of hydrogen-bond donors (Lipinski definition) is 1. The van der Waals surface area contributed by atoms with E-state index in [0.29, 0.717) is 17.5 Å². The summed E-state index contributed by atoms with van der Waals surface area (Å²) >= 11 is 3.64. The molecule has 1 heterocycles. The van der Waals surface area contributed by atoms with E-state index in [1.54, 1.807) is 0 Å². The Morgan fingerprint density at radius 1 is 1.20 bits per heavy atom. The van der Waals surface area contributed by atoms with Crippen molar-refractivity contribution in [2.75, 3.05) is 6.61 Å². The first-order valence-electron chi connectivity index (χ1n) is 7.37. The van der Waals surface area contributed by atoms with Crippen molar-refractivity contribution >= 4 is 21.8 Å². The van der Waals surface area contributed by atoms with E-state index in [-0.39, 0.29) is 11.8 Å². The molecule has 1 aliphatic heterocycles. The molecule has 1 amide bonds. The van der Waals surface area contributed by atoms with Gasteiger partial charge in [-0.3, -0.25) is 4.79 Å². The summed E-state index contributed by atoms with van der Waals surface area (Å²) in [5.74, 6) is 1.03. The molecule has 0 aromatic heterocycles. The number of benzene rings is 1. The summed E-state index contributed by atoms with van der Waals surface area (Å²) in [7, 11) is 0. The third kappa shape index (κ3) is 3.17. The van der Waals surface area contributed by atoms with Gasteiger partial charge in [0.2, 0.25) is 5.91 Å². The van der Waals surface area contributed by atoms with Crippen molar-refractivity contribution in [3.8, 4) is 5.75 Å². The maximum absolute atomic E-state index is 12.4. The van der Waals surface area contributed by atoms with Crippen LogP contribution in [0.2, 0.25) is 0 Å². The van der Waals surface area contributed by atoms with Crippen LogP contribution in [-0.4, -0.2) is 23.4 Å². The normalized spacial score (nSPS) is 29.1. The lowest BCUT2D eigenvalue weighted by Crippen LogP contribution is -2.44. The number of para-hydroxylation sites is 1. The number of amides is 1. The monoisotopic (exact) mass is 337 g/mol. The second-order valence-corrected chi connectivity index (χ2v) is 7.07. The molecule has 0 spiro atoms. The number of alkyl halides is 1. The van der Waals surface area contributed by atoms with Crippen molar-refractivity contribution < 1.29 is 9.53 Å². The molecule has 3 rings (SSSR count). The Hall–Kier alpha value is -1.03. The molecule has 1 saturated carbocycles. The first-order chi connectivity index (χ1) is 9.72. The van der Waals surface area contributed by atoms with Crippen LogP contribution in [0.5, 0.6) is 5.75 Å². The van der Waals surface area contributed by atoms with Gasteiger partial charge in [-0.15, -0.1) is 0 Å². The van der Waals surface area contributed by atoms with Crippen molar-refractivity contribution in [1.82, 2.24) is 5.32 Å². The summed E-state index contributed by atoms with van der Waals surface area (Å²) in [5, 5.41) is 3.20. The van der Waals surface area contributed by atoms with E-state index < -0.39 is 0 Å². The fraction of sp³-hybridized carbons (Fsp3) is 0.562. The minimum Gasteiger partial charge on any atom is -0.492 e. The first-order valence-corrected chi connectivity index (χ1v) is 8.29. The summed E-state index contributed by atoms with van der Waals surface area (Å²) < 4.78 is 5.70. The highest BCUT2D eigenvalue weighted by Crippen LogP contribution is 2.28. The highest BCUT2D eigenvalue weighted by molar-refractivity contribution is 9.09. The number of carbonyl (C=O) groups is 1. The van der Waals surface area contributed by atoms with Gasteiger partial charge in [-0.25, -0.2) is 0 Å². The van der Waals surface area contributed by atoms with Crippen LogP contribution in [0, 0.1) is 5.92 Å². The van der Waals surface area contributed by atoms with Gasteiger partial charge in [-0.1, -0.05) is 34.1 Å². The Balaban J connectivity index is 1.56. The largest absolute Gasteiger partial charge is 0.492 e. The van der Waals surface area contributed by atoms with Gasteiger partial charge in [0, 0.05) is 10.9 Å². The maximum Gasteiger partial charge on any atom is 0.227 e. The predicted molar refractivity (Wildman–Crippen MR) is 82.2 cm³/mol. The second-order valence-electron chi connectivity index (χ2n) is 5.78. The van der Waals surface area contributed by atoms with Gasteiger partial charge in [0.05, 0.1) is 5.92 Å². The van der Waals surface area contributed by atoms with E-state index in [0.717, 1.165) is 43.4 Å². The molecule has 1 atom stereocenters. The second kappa shape index (κ2) is 6.17. The number of fused-ring (bicyclic) bond motifs is 1. The molecule has 108 valence electrons. The van der Waals surface area contributed by atoms with Crippen molar-refractivity contribution in [1.29, 1.82) is 0 Å². The van der Waals surface area contributed by atoms with Crippen molar-refractivity contribution in [2.45, 2.75) is 43.0 Å². The fourth-order valence-corrected chi connectivity index (χ4v) is 3.54. The molecule has 1 aromatic rings. The zero-order valence-corrected chi connectivity index (χ0v) is 13.1. The molecular formula is C16H20BrNO2. The van der Waals surface area contributed by atoms with Gasteiger partial charge < -0.3 is 10.1 Å². The number of rotatable bonds is 2. The van der Waals surface area contributed by atoms with E-state index in [2.05, 4.69) is 21.2 Å². The predicted octanol–water partition coefficient (Wildman–Crippen LogP) is 3.06. The van der Waals surface area contributed by atoms with Crippen LogP contribution in [0.4, 0.5) is 0 Å². The highest BCUT2D eigenvalue weighted by Gasteiger charge is 2.28. The Bertz CT molecular complexity index is 483. The number of halogens is 1. The maximum atomic E-state index is 12.4. The number of nitrogens with one attached hydrogen (secondary N) is 1. The lowest BCUT2D eigenvalue weighted by Gasteiger charge is -2.29. The van der Waals surface area contributed by atoms with Gasteiger partial charge in [0.15, 0.2) is 0 Å². The quantitative estimate of drug-likeness (QED) is 0.842. The summed E-state index contributed by atoms with van der Waals surface area (Å²) in [6.45, 7) is 0.497. The van der Waals surface area contributed by atoms with Crippen LogP contribution in [0.15, 0.2) is 24.3 Å². The molecule has 1 N–H and O–H groups in total. The van der Waals surface area contributed by atoms with Crippen LogP contribution in [0.25, 0.3) is 0 Å². The highest BCUT2D eigenvalue weighted by atomic mass is 79.9. The summed E-state index contributed by atoms with van der Waals surface area (Å²) in [4.78, 5) is 13.0. The van der Waals surface area contributed by atoms with Crippen molar-refractivity contribution in [2.24, 2.45) is 5.92 Å². The average Bonchev–Trinajstić information content (AvgIpc) is 2.49. The summed E-state index contributed by atoms with van der Waals surface area (Å²) in [6, 6.07) is 8.33. The van der Waals surface area contributed by atoms with Crippen molar-refractivity contribution in [3.05, 3.63) is 29.8 Å². The topological polar surface area (TPSA) is 38.3 Å². The standard InChI is InChI=1S/C16H20BrNO2/c17-13-5-7-14(8-6-13)18-16(19)12-9-11-3-1-2-4-15(11)20-10-12/h1-4,12-14H,5-10H2,(H,18,19). The lowest BCUT2D eigenvalue weighted by molar-refractivity contribution is -0.127. The van der Waals surface area contributed by atoms with E-state index >= 15 is 0 Å². The van der Waals surface area contributed by atoms with Crippen LogP contribution in [0.1, 0.15) is 31.2 Å². The third-order valence-electron chi connectivity index (χ3n) is 4.25. The SMILES string of the molecule is O=C(NC1CCC(Br)CC1)C1COc2ccccc2C1. The molecule has 1 fully saturated rings. The van der Waals surface area contributed by atoms with E-state index in [9.17, 15) is 4.79 Å². The van der Waals surface area contributed by atoms with Gasteiger partial charge in [0.25, 0.3) is 0 Å². The fourth-order valence-electron chi connectivity index (χ4n) is 3.01. The Kier molecular flexibility index (Phi) is 4.29. The third-order valence-corrected chi connectivity index (χ3v) is 5.17. The summed E-state index contributed by atoms with van der Waals surface area (Å²) in [5.41, 5.74) is 1.14. The minimum atomic E-state index is -0.0495. The number of ether oxygens (including phenoxy) is 1. The molecule has 4 heteroatoms. The molecule has 1 aliphatic carbocycles. The minimum absolute atomic E-state index is 0.0495. The van der Waals surface area contributed by atoms with E-state index in [4.69, 9.17) is 4.74 Å². The molecule has 0 radical (unpaired) electrons. The van der Waals surface area contributed by atoms with E-state index in [1.807, 2.05) is 24.3 Å². The van der Waals surface area contributed by atoms with Gasteiger partial charge in [-0.05, 0) is 43.7 Å². The van der Waals surface area contributed by atoms with Gasteiger partial charge >= 0.3 is 0 Å². The smallest absolute Gasteiger partial charge is 0.227 e. The lowest BCUT2D eigenvalue weighted by atomic mass is 9.92. The number of hydrogen-bond acceptors (Lipinski definition) is 2. The molecule has 0 bridgehead atoms. The summed E-state index contributed by atoms with van der Waals surface area (Å²) in [6.07, 6.45) is 5.23. The molecule has 1 unspecified atom stereocenters. The zero-order chi connectivity index (χ0) is 13.9. The van der Waals surface area contributed by atoms with Gasteiger partial charge in [0.1, 0.15) is 12.4 Å². The first kappa shape index (κ1) is 13.9. The zero-order valence-electron chi connectivity index (χ0n) is 11.5. The van der Waals surface area contributed by atoms with E-state index in [1.165, 1.54) is 0 Å². The van der Waals surface area contributed by atoms with Crippen molar-refractivity contribution in [3.63, 3.8) is 0 Å². The molecule has 1 aromatic carbocycles. The van der Waals surface area contributed by atoms with Crippen LogP contribution in [-0.2, 0) is 11.2 Å². The molecular weight excluding hydrogens is 318 g/mol.